The summed E-state index contributed by atoms with van der Waals surface area (Å²) in [7, 11) is 0. The van der Waals surface area contributed by atoms with Crippen LogP contribution in [-0.4, -0.2) is 31.2 Å². The van der Waals surface area contributed by atoms with Crippen molar-refractivity contribution in [3.05, 3.63) is 34.3 Å². The second kappa shape index (κ2) is 5.47. The highest BCUT2D eigenvalue weighted by Crippen LogP contribution is 2.37. The first-order valence-corrected chi connectivity index (χ1v) is 7.49. The number of carbonyl (C=O) groups excluding carboxylic acids is 1. The van der Waals surface area contributed by atoms with Gasteiger partial charge in [-0.25, -0.2) is 0 Å². The van der Waals surface area contributed by atoms with Crippen LogP contribution in [0.15, 0.2) is 18.2 Å². The standard InChI is InChI=1S/C16H19ClO3/c1-11-6-13(8-14(17)7-11)15(18)12-2-4-20-16(9-12)3-5-19-10-16/h6-8,12H,2-5,9-10H2,1H3. The van der Waals surface area contributed by atoms with Gasteiger partial charge in [-0.05, 0) is 43.5 Å². The molecule has 2 unspecified atom stereocenters. The van der Waals surface area contributed by atoms with Gasteiger partial charge in [-0.1, -0.05) is 11.6 Å². The number of benzene rings is 1. The van der Waals surface area contributed by atoms with Gasteiger partial charge in [0.2, 0.25) is 0 Å². The molecule has 3 nitrogen and oxygen atoms in total. The molecule has 2 fully saturated rings. The maximum Gasteiger partial charge on any atom is 0.166 e. The summed E-state index contributed by atoms with van der Waals surface area (Å²) in [6, 6.07) is 5.56. The first kappa shape index (κ1) is 14.1. The van der Waals surface area contributed by atoms with Crippen LogP contribution in [0.3, 0.4) is 0 Å². The Kier molecular flexibility index (Phi) is 3.85. The van der Waals surface area contributed by atoms with E-state index in [9.17, 15) is 4.79 Å². The fourth-order valence-electron chi connectivity index (χ4n) is 3.23. The van der Waals surface area contributed by atoms with Gasteiger partial charge in [0.1, 0.15) is 0 Å². The van der Waals surface area contributed by atoms with E-state index in [-0.39, 0.29) is 17.3 Å². The summed E-state index contributed by atoms with van der Waals surface area (Å²) in [5, 5.41) is 0.624. The molecule has 2 heterocycles. The molecule has 0 radical (unpaired) electrons. The van der Waals surface area contributed by atoms with Crippen molar-refractivity contribution in [3.8, 4) is 0 Å². The Hall–Kier alpha value is -0.900. The molecule has 0 bridgehead atoms. The number of halogens is 1. The lowest BCUT2D eigenvalue weighted by atomic mass is 9.81. The Morgan fingerprint density at radius 1 is 1.35 bits per heavy atom. The van der Waals surface area contributed by atoms with E-state index in [1.54, 1.807) is 6.07 Å². The highest BCUT2D eigenvalue weighted by Gasteiger charge is 2.43. The summed E-state index contributed by atoms with van der Waals surface area (Å²) in [6.07, 6.45) is 2.44. The number of ether oxygens (including phenoxy) is 2. The van der Waals surface area contributed by atoms with Crippen LogP contribution in [-0.2, 0) is 9.47 Å². The van der Waals surface area contributed by atoms with Gasteiger partial charge in [-0.2, -0.15) is 0 Å². The molecule has 2 aliphatic rings. The van der Waals surface area contributed by atoms with Gasteiger partial charge in [-0.3, -0.25) is 4.79 Å². The number of aryl methyl sites for hydroxylation is 1. The van der Waals surface area contributed by atoms with E-state index in [2.05, 4.69) is 0 Å². The average molecular weight is 295 g/mol. The molecule has 2 saturated heterocycles. The van der Waals surface area contributed by atoms with E-state index in [0.717, 1.165) is 37.0 Å². The summed E-state index contributed by atoms with van der Waals surface area (Å²) < 4.78 is 11.3. The van der Waals surface area contributed by atoms with E-state index in [1.807, 2.05) is 19.1 Å². The zero-order valence-corrected chi connectivity index (χ0v) is 12.4. The number of hydrogen-bond acceptors (Lipinski definition) is 3. The molecule has 3 rings (SSSR count). The summed E-state index contributed by atoms with van der Waals surface area (Å²) >= 11 is 6.06. The van der Waals surface area contributed by atoms with Crippen LogP contribution >= 0.6 is 11.6 Å². The minimum Gasteiger partial charge on any atom is -0.378 e. The van der Waals surface area contributed by atoms with Gasteiger partial charge in [0.25, 0.3) is 0 Å². The third-order valence-corrected chi connectivity index (χ3v) is 4.48. The van der Waals surface area contributed by atoms with Gasteiger partial charge in [-0.15, -0.1) is 0 Å². The highest BCUT2D eigenvalue weighted by molar-refractivity contribution is 6.31. The average Bonchev–Trinajstić information content (AvgIpc) is 2.85. The Labute approximate surface area is 124 Å². The summed E-state index contributed by atoms with van der Waals surface area (Å²) in [4.78, 5) is 12.7. The quantitative estimate of drug-likeness (QED) is 0.784. The SMILES string of the molecule is Cc1cc(Cl)cc(C(=O)C2CCOC3(CCOC3)C2)c1. The van der Waals surface area contributed by atoms with E-state index in [1.165, 1.54) is 0 Å². The van der Waals surface area contributed by atoms with Crippen molar-refractivity contribution in [1.82, 2.24) is 0 Å². The Morgan fingerprint density at radius 2 is 2.20 bits per heavy atom. The molecule has 0 aliphatic carbocycles. The normalized spacial score (nSPS) is 29.8. The van der Waals surface area contributed by atoms with Crippen molar-refractivity contribution in [3.63, 3.8) is 0 Å². The zero-order chi connectivity index (χ0) is 14.2. The Morgan fingerprint density at radius 3 is 2.90 bits per heavy atom. The molecule has 108 valence electrons. The minimum absolute atomic E-state index is 0.0170. The molecule has 1 aromatic rings. The predicted molar refractivity (Wildman–Crippen MR) is 77.4 cm³/mol. The molecule has 4 heteroatoms. The maximum absolute atomic E-state index is 12.7. The fourth-order valence-corrected chi connectivity index (χ4v) is 3.52. The Bertz CT molecular complexity index is 500. The van der Waals surface area contributed by atoms with Crippen LogP contribution in [0.5, 0.6) is 0 Å². The molecule has 20 heavy (non-hydrogen) atoms. The smallest absolute Gasteiger partial charge is 0.166 e. The predicted octanol–water partition coefficient (Wildman–Crippen LogP) is 3.42. The fraction of sp³-hybridized carbons (Fsp3) is 0.562. The van der Waals surface area contributed by atoms with Crippen LogP contribution in [0.4, 0.5) is 0 Å². The van der Waals surface area contributed by atoms with Crippen molar-refractivity contribution in [2.75, 3.05) is 19.8 Å². The molecule has 0 N–H and O–H groups in total. The van der Waals surface area contributed by atoms with Gasteiger partial charge in [0.15, 0.2) is 5.78 Å². The van der Waals surface area contributed by atoms with E-state index in [0.29, 0.717) is 18.2 Å². The van der Waals surface area contributed by atoms with Gasteiger partial charge in [0, 0.05) is 36.1 Å². The first-order valence-electron chi connectivity index (χ1n) is 7.11. The van der Waals surface area contributed by atoms with Crippen molar-refractivity contribution >= 4 is 17.4 Å². The molecular weight excluding hydrogens is 276 g/mol. The molecule has 0 aromatic heterocycles. The molecule has 1 aromatic carbocycles. The van der Waals surface area contributed by atoms with Gasteiger partial charge < -0.3 is 9.47 Å². The number of carbonyl (C=O) groups is 1. The van der Waals surface area contributed by atoms with Crippen LogP contribution < -0.4 is 0 Å². The minimum atomic E-state index is -0.230. The van der Waals surface area contributed by atoms with Crippen molar-refractivity contribution < 1.29 is 14.3 Å². The van der Waals surface area contributed by atoms with Gasteiger partial charge >= 0.3 is 0 Å². The lowest BCUT2D eigenvalue weighted by Crippen LogP contribution is -2.42. The van der Waals surface area contributed by atoms with E-state index in [4.69, 9.17) is 21.1 Å². The van der Waals surface area contributed by atoms with Gasteiger partial charge in [0.05, 0.1) is 12.2 Å². The number of Topliss-reactive ketones (excluding diaryl/α,β-unsaturated/α-hetero) is 1. The molecule has 0 amide bonds. The number of hydrogen-bond donors (Lipinski definition) is 0. The monoisotopic (exact) mass is 294 g/mol. The topological polar surface area (TPSA) is 35.5 Å². The number of ketones is 1. The first-order chi connectivity index (χ1) is 9.58. The van der Waals surface area contributed by atoms with E-state index < -0.39 is 0 Å². The zero-order valence-electron chi connectivity index (χ0n) is 11.7. The summed E-state index contributed by atoms with van der Waals surface area (Å²) in [5.41, 5.74) is 1.51. The van der Waals surface area contributed by atoms with E-state index >= 15 is 0 Å². The summed E-state index contributed by atoms with van der Waals surface area (Å²) in [6.45, 7) is 3.95. The lowest BCUT2D eigenvalue weighted by Gasteiger charge is -2.36. The van der Waals surface area contributed by atoms with Crippen LogP contribution in [0.1, 0.15) is 35.2 Å². The third-order valence-electron chi connectivity index (χ3n) is 4.26. The van der Waals surface area contributed by atoms with Crippen molar-refractivity contribution in [2.45, 2.75) is 31.8 Å². The van der Waals surface area contributed by atoms with Crippen LogP contribution in [0, 0.1) is 12.8 Å². The van der Waals surface area contributed by atoms with Crippen molar-refractivity contribution in [2.24, 2.45) is 5.92 Å². The Balaban J connectivity index is 1.79. The second-order valence-corrected chi connectivity index (χ2v) is 6.34. The molecule has 1 spiro atoms. The molecular formula is C16H19ClO3. The largest absolute Gasteiger partial charge is 0.378 e. The number of rotatable bonds is 2. The molecule has 2 aliphatic heterocycles. The third kappa shape index (κ3) is 2.76. The van der Waals surface area contributed by atoms with Crippen molar-refractivity contribution in [1.29, 1.82) is 0 Å². The maximum atomic E-state index is 12.7. The highest BCUT2D eigenvalue weighted by atomic mass is 35.5. The molecule has 2 atom stereocenters. The molecule has 0 saturated carbocycles. The second-order valence-electron chi connectivity index (χ2n) is 5.91. The lowest BCUT2D eigenvalue weighted by molar-refractivity contribution is -0.0920. The van der Waals surface area contributed by atoms with Crippen LogP contribution in [0.25, 0.3) is 0 Å². The van der Waals surface area contributed by atoms with Crippen LogP contribution in [0.2, 0.25) is 5.02 Å². The summed E-state index contributed by atoms with van der Waals surface area (Å²) in [5.74, 6) is 0.202.